The van der Waals surface area contributed by atoms with Gasteiger partial charge < -0.3 is 9.80 Å². The van der Waals surface area contributed by atoms with Crippen LogP contribution in [0.5, 0.6) is 0 Å². The van der Waals surface area contributed by atoms with Gasteiger partial charge in [-0.05, 0) is 62.1 Å². The molecule has 2 saturated heterocycles. The molecular weight excluding hydrogens is 384 g/mol. The Labute approximate surface area is 185 Å². The minimum Gasteiger partial charge on any atom is -0.342 e. The molecule has 0 saturated carbocycles. The third-order valence-electron chi connectivity index (χ3n) is 6.31. The number of hydrogen-bond donors (Lipinski definition) is 0. The average molecular weight is 415 g/mol. The van der Waals surface area contributed by atoms with Gasteiger partial charge in [-0.15, -0.1) is 0 Å². The van der Waals surface area contributed by atoms with Gasteiger partial charge in [0.25, 0.3) is 5.91 Å². The molecule has 0 atom stereocenters. The standard InChI is InChI=1S/C27H30N2O2/c30-26(24-14-12-23(13-15-24)11-10-22-8-4-3-5-9-22)29-20-16-25(17-21-29)27(31)28-18-6-1-2-7-19-28/h3-5,8-9,12-15,25H,1-2,6-7,16-21H2. The lowest BCUT2D eigenvalue weighted by molar-refractivity contribution is -0.136. The average Bonchev–Trinajstić information content (AvgIpc) is 3.13. The molecule has 2 amide bonds. The van der Waals surface area contributed by atoms with Gasteiger partial charge in [0, 0.05) is 48.8 Å². The van der Waals surface area contributed by atoms with Crippen molar-refractivity contribution in [3.63, 3.8) is 0 Å². The molecule has 4 nitrogen and oxygen atoms in total. The summed E-state index contributed by atoms with van der Waals surface area (Å²) in [6.45, 7) is 3.10. The molecule has 0 bridgehead atoms. The monoisotopic (exact) mass is 414 g/mol. The molecule has 2 heterocycles. The quantitative estimate of drug-likeness (QED) is 0.686. The SMILES string of the molecule is O=C(c1ccc(C#Cc2ccccc2)cc1)N1CCC(C(=O)N2CCCCCC2)CC1. The number of carbonyl (C=O) groups excluding carboxylic acids is 2. The van der Waals surface area contributed by atoms with Gasteiger partial charge in [-0.2, -0.15) is 0 Å². The van der Waals surface area contributed by atoms with Crippen LogP contribution in [-0.4, -0.2) is 47.8 Å². The summed E-state index contributed by atoms with van der Waals surface area (Å²) in [5.74, 6) is 6.69. The molecule has 2 fully saturated rings. The summed E-state index contributed by atoms with van der Waals surface area (Å²) < 4.78 is 0. The minimum absolute atomic E-state index is 0.0447. The first-order chi connectivity index (χ1) is 15.2. The molecular formula is C27H30N2O2. The summed E-state index contributed by atoms with van der Waals surface area (Å²) >= 11 is 0. The summed E-state index contributed by atoms with van der Waals surface area (Å²) in [7, 11) is 0. The van der Waals surface area contributed by atoms with E-state index in [-0.39, 0.29) is 11.8 Å². The van der Waals surface area contributed by atoms with Crippen LogP contribution in [0.4, 0.5) is 0 Å². The van der Waals surface area contributed by atoms with E-state index in [0.717, 1.165) is 49.9 Å². The van der Waals surface area contributed by atoms with Crippen LogP contribution in [0.1, 0.15) is 60.0 Å². The first-order valence-corrected chi connectivity index (χ1v) is 11.5. The Morgan fingerprint density at radius 2 is 1.26 bits per heavy atom. The second-order valence-electron chi connectivity index (χ2n) is 8.50. The highest BCUT2D eigenvalue weighted by Gasteiger charge is 2.30. The summed E-state index contributed by atoms with van der Waals surface area (Å²) in [5.41, 5.74) is 2.55. The number of likely N-dealkylation sites (tertiary alicyclic amines) is 2. The molecule has 0 N–H and O–H groups in total. The Morgan fingerprint density at radius 3 is 1.87 bits per heavy atom. The Morgan fingerprint density at radius 1 is 0.677 bits per heavy atom. The van der Waals surface area contributed by atoms with Crippen molar-refractivity contribution in [2.75, 3.05) is 26.2 Å². The number of amides is 2. The molecule has 2 aliphatic rings. The first-order valence-electron chi connectivity index (χ1n) is 11.5. The lowest BCUT2D eigenvalue weighted by Gasteiger charge is -2.34. The molecule has 0 aromatic heterocycles. The Hall–Kier alpha value is -3.06. The van der Waals surface area contributed by atoms with Gasteiger partial charge in [0.2, 0.25) is 5.91 Å². The second kappa shape index (κ2) is 10.3. The normalized spacial score (nSPS) is 17.4. The van der Waals surface area contributed by atoms with Crippen LogP contribution in [0.3, 0.4) is 0 Å². The maximum absolute atomic E-state index is 12.9. The second-order valence-corrected chi connectivity index (χ2v) is 8.50. The van der Waals surface area contributed by atoms with Crippen LogP contribution in [0, 0.1) is 17.8 Å². The fraction of sp³-hybridized carbons (Fsp3) is 0.407. The van der Waals surface area contributed by atoms with Crippen LogP contribution < -0.4 is 0 Å². The Bertz CT molecular complexity index is 940. The van der Waals surface area contributed by atoms with Crippen molar-refractivity contribution < 1.29 is 9.59 Å². The number of hydrogen-bond acceptors (Lipinski definition) is 2. The fourth-order valence-corrected chi connectivity index (χ4v) is 4.42. The fourth-order valence-electron chi connectivity index (χ4n) is 4.42. The summed E-state index contributed by atoms with van der Waals surface area (Å²) in [6.07, 6.45) is 6.23. The summed E-state index contributed by atoms with van der Waals surface area (Å²) in [5, 5.41) is 0. The molecule has 0 spiro atoms. The highest BCUT2D eigenvalue weighted by Crippen LogP contribution is 2.23. The Balaban J connectivity index is 1.31. The van der Waals surface area contributed by atoms with Crippen molar-refractivity contribution in [3.8, 4) is 11.8 Å². The van der Waals surface area contributed by atoms with Crippen LogP contribution in [0.25, 0.3) is 0 Å². The minimum atomic E-state index is 0.0447. The van der Waals surface area contributed by atoms with Gasteiger partial charge in [-0.1, -0.05) is 42.9 Å². The van der Waals surface area contributed by atoms with Gasteiger partial charge in [0.1, 0.15) is 0 Å². The van der Waals surface area contributed by atoms with Crippen molar-refractivity contribution in [1.82, 2.24) is 9.80 Å². The van der Waals surface area contributed by atoms with Crippen molar-refractivity contribution in [3.05, 3.63) is 71.3 Å². The van der Waals surface area contributed by atoms with E-state index in [1.807, 2.05) is 59.5 Å². The van der Waals surface area contributed by atoms with Crippen molar-refractivity contribution in [2.45, 2.75) is 38.5 Å². The number of carbonyl (C=O) groups is 2. The lowest BCUT2D eigenvalue weighted by Crippen LogP contribution is -2.44. The maximum atomic E-state index is 12.9. The van der Waals surface area contributed by atoms with Gasteiger partial charge in [0.15, 0.2) is 0 Å². The topological polar surface area (TPSA) is 40.6 Å². The molecule has 0 aliphatic carbocycles. The maximum Gasteiger partial charge on any atom is 0.253 e. The molecule has 0 unspecified atom stereocenters. The number of piperidine rings is 1. The molecule has 2 aromatic carbocycles. The zero-order valence-corrected chi connectivity index (χ0v) is 18.1. The summed E-state index contributed by atoms with van der Waals surface area (Å²) in [6, 6.07) is 17.4. The van der Waals surface area contributed by atoms with E-state index < -0.39 is 0 Å². The molecule has 2 aromatic rings. The van der Waals surface area contributed by atoms with Crippen LogP contribution in [-0.2, 0) is 4.79 Å². The summed E-state index contributed by atoms with van der Waals surface area (Å²) in [4.78, 5) is 29.7. The van der Waals surface area contributed by atoms with E-state index >= 15 is 0 Å². The van der Waals surface area contributed by atoms with Crippen molar-refractivity contribution >= 4 is 11.8 Å². The van der Waals surface area contributed by atoms with E-state index in [2.05, 4.69) is 16.7 Å². The van der Waals surface area contributed by atoms with Crippen LogP contribution in [0.15, 0.2) is 54.6 Å². The molecule has 2 aliphatic heterocycles. The molecule has 160 valence electrons. The van der Waals surface area contributed by atoms with Crippen molar-refractivity contribution in [2.24, 2.45) is 5.92 Å². The molecule has 0 radical (unpaired) electrons. The van der Waals surface area contributed by atoms with E-state index in [9.17, 15) is 9.59 Å². The highest BCUT2D eigenvalue weighted by molar-refractivity contribution is 5.94. The van der Waals surface area contributed by atoms with Gasteiger partial charge in [-0.3, -0.25) is 9.59 Å². The number of nitrogens with zero attached hydrogens (tertiary/aromatic N) is 2. The number of rotatable bonds is 2. The van der Waals surface area contributed by atoms with E-state index in [1.54, 1.807) is 0 Å². The lowest BCUT2D eigenvalue weighted by atomic mass is 9.94. The van der Waals surface area contributed by atoms with E-state index in [4.69, 9.17) is 0 Å². The van der Waals surface area contributed by atoms with Crippen LogP contribution in [0.2, 0.25) is 0 Å². The third-order valence-corrected chi connectivity index (χ3v) is 6.31. The smallest absolute Gasteiger partial charge is 0.253 e. The van der Waals surface area contributed by atoms with Crippen LogP contribution >= 0.6 is 0 Å². The Kier molecular flexibility index (Phi) is 7.04. The highest BCUT2D eigenvalue weighted by atomic mass is 16.2. The first kappa shape index (κ1) is 21.2. The third kappa shape index (κ3) is 5.55. The molecule has 4 rings (SSSR count). The van der Waals surface area contributed by atoms with Gasteiger partial charge in [0.05, 0.1) is 0 Å². The predicted molar refractivity (Wildman–Crippen MR) is 123 cm³/mol. The molecule has 31 heavy (non-hydrogen) atoms. The molecule has 4 heteroatoms. The zero-order valence-electron chi connectivity index (χ0n) is 18.1. The number of benzene rings is 2. The largest absolute Gasteiger partial charge is 0.342 e. The van der Waals surface area contributed by atoms with Gasteiger partial charge in [-0.25, -0.2) is 0 Å². The van der Waals surface area contributed by atoms with E-state index in [0.29, 0.717) is 24.6 Å². The predicted octanol–water partition coefficient (Wildman–Crippen LogP) is 4.34. The zero-order chi connectivity index (χ0) is 21.5. The van der Waals surface area contributed by atoms with Crippen molar-refractivity contribution in [1.29, 1.82) is 0 Å². The van der Waals surface area contributed by atoms with E-state index in [1.165, 1.54) is 12.8 Å². The van der Waals surface area contributed by atoms with Gasteiger partial charge >= 0.3 is 0 Å².